The average Bonchev–Trinajstić information content (AvgIpc) is 3.19. The number of aromatic nitrogens is 3. The fourth-order valence-corrected chi connectivity index (χ4v) is 4.39. The van der Waals surface area contributed by atoms with E-state index in [0.717, 1.165) is 18.4 Å². The number of fused-ring (bicyclic) bond motifs is 1. The Bertz CT molecular complexity index is 1410. The molecule has 2 N–H and O–H groups in total. The Labute approximate surface area is 202 Å². The topological polar surface area (TPSA) is 101 Å². The molecule has 9 nitrogen and oxygen atoms in total. The maximum atomic E-state index is 12.8. The highest BCUT2D eigenvalue weighted by Gasteiger charge is 2.25. The minimum absolute atomic E-state index is 0.0209. The highest BCUT2D eigenvalue weighted by molar-refractivity contribution is 5.94. The molecule has 0 bridgehead atoms. The summed E-state index contributed by atoms with van der Waals surface area (Å²) in [5, 5.41) is 10.2. The predicted octanol–water partition coefficient (Wildman–Crippen LogP) is 2.97. The molecule has 1 aliphatic heterocycles. The van der Waals surface area contributed by atoms with Crippen molar-refractivity contribution in [2.24, 2.45) is 0 Å². The second-order valence-electron chi connectivity index (χ2n) is 8.62. The molecule has 0 saturated carbocycles. The molecule has 0 aliphatic carbocycles. The molecule has 0 spiro atoms. The number of benzene rings is 2. The molecule has 35 heavy (non-hydrogen) atoms. The second kappa shape index (κ2) is 9.84. The van der Waals surface area contributed by atoms with Gasteiger partial charge < -0.3 is 15.5 Å². The number of rotatable bonds is 5. The summed E-state index contributed by atoms with van der Waals surface area (Å²) in [6.07, 6.45) is 3.32. The van der Waals surface area contributed by atoms with E-state index in [1.54, 1.807) is 41.4 Å². The molecule has 3 amide bonds. The van der Waals surface area contributed by atoms with Crippen molar-refractivity contribution in [3.8, 4) is 0 Å². The number of anilines is 1. The van der Waals surface area contributed by atoms with Crippen LogP contribution in [0.5, 0.6) is 0 Å². The molecule has 0 radical (unpaired) electrons. The molecule has 5 rings (SSSR count). The van der Waals surface area contributed by atoms with Crippen LogP contribution in [-0.2, 0) is 6.54 Å². The lowest BCUT2D eigenvalue weighted by molar-refractivity contribution is 0.0698. The van der Waals surface area contributed by atoms with Gasteiger partial charge in [-0.1, -0.05) is 36.4 Å². The lowest BCUT2D eigenvalue weighted by Gasteiger charge is -2.33. The summed E-state index contributed by atoms with van der Waals surface area (Å²) in [5.74, 6) is -0.0209. The molecule has 9 heteroatoms. The van der Waals surface area contributed by atoms with Crippen LogP contribution in [0.15, 0.2) is 83.8 Å². The molecule has 1 aliphatic rings. The van der Waals surface area contributed by atoms with E-state index >= 15 is 0 Å². The smallest absolute Gasteiger partial charge is 0.337 e. The minimum atomic E-state index is -0.328. The normalized spacial score (nSPS) is 15.7. The van der Waals surface area contributed by atoms with Crippen molar-refractivity contribution in [2.45, 2.75) is 25.4 Å². The fourth-order valence-electron chi connectivity index (χ4n) is 4.39. The monoisotopic (exact) mass is 470 g/mol. The Kier molecular flexibility index (Phi) is 6.30. The van der Waals surface area contributed by atoms with Crippen LogP contribution in [-0.4, -0.2) is 50.2 Å². The van der Waals surface area contributed by atoms with E-state index < -0.39 is 0 Å². The second-order valence-corrected chi connectivity index (χ2v) is 8.62. The zero-order chi connectivity index (χ0) is 24.2. The number of amides is 3. The molecule has 1 fully saturated rings. The van der Waals surface area contributed by atoms with Crippen LogP contribution in [0.4, 0.5) is 10.5 Å². The SMILES string of the molecule is O=C(Nc1cccc(Cn2nc3ccccn3c2=O)c1)NC1CCCN(C(=O)c2ccccc2)C1. The van der Waals surface area contributed by atoms with Gasteiger partial charge in [-0.05, 0) is 54.8 Å². The van der Waals surface area contributed by atoms with Gasteiger partial charge >= 0.3 is 11.7 Å². The standard InChI is InChI=1S/C26H26N6O3/c33-24(20-9-2-1-3-10-20)30-14-7-12-22(18-30)28-25(34)27-21-11-6-8-19(16-21)17-32-26(35)31-15-5-4-13-23(31)29-32/h1-6,8-11,13,15-16,22H,7,12,14,17-18H2,(H2,27,28,34). The van der Waals surface area contributed by atoms with Crippen molar-refractivity contribution in [2.75, 3.05) is 18.4 Å². The zero-order valence-corrected chi connectivity index (χ0v) is 19.1. The van der Waals surface area contributed by atoms with Crippen LogP contribution >= 0.6 is 0 Å². The Hall–Kier alpha value is -4.40. The van der Waals surface area contributed by atoms with Crippen LogP contribution in [0.1, 0.15) is 28.8 Å². The summed E-state index contributed by atoms with van der Waals surface area (Å²) in [6.45, 7) is 1.44. The van der Waals surface area contributed by atoms with Gasteiger partial charge in [0.05, 0.1) is 6.54 Å². The van der Waals surface area contributed by atoms with E-state index in [2.05, 4.69) is 15.7 Å². The molecular formula is C26H26N6O3. The number of hydrogen-bond acceptors (Lipinski definition) is 4. The summed E-state index contributed by atoms with van der Waals surface area (Å²) in [7, 11) is 0. The number of nitrogens with one attached hydrogen (secondary N) is 2. The van der Waals surface area contributed by atoms with Crippen molar-refractivity contribution < 1.29 is 9.59 Å². The Balaban J connectivity index is 1.20. The van der Waals surface area contributed by atoms with Crippen LogP contribution in [0.3, 0.4) is 0 Å². The highest BCUT2D eigenvalue weighted by Crippen LogP contribution is 2.15. The number of carbonyl (C=O) groups is 2. The van der Waals surface area contributed by atoms with Gasteiger partial charge in [0.15, 0.2) is 5.65 Å². The number of likely N-dealkylation sites (tertiary alicyclic amines) is 1. The number of piperidine rings is 1. The Morgan fingerprint density at radius 3 is 2.66 bits per heavy atom. The van der Waals surface area contributed by atoms with E-state index in [-0.39, 0.29) is 30.2 Å². The van der Waals surface area contributed by atoms with Gasteiger partial charge in [-0.2, -0.15) is 0 Å². The molecule has 178 valence electrons. The van der Waals surface area contributed by atoms with Crippen molar-refractivity contribution in [1.29, 1.82) is 0 Å². The quantitative estimate of drug-likeness (QED) is 0.468. The van der Waals surface area contributed by atoms with E-state index in [1.807, 2.05) is 42.5 Å². The van der Waals surface area contributed by atoms with Crippen molar-refractivity contribution in [1.82, 2.24) is 24.4 Å². The third kappa shape index (κ3) is 5.08. The van der Waals surface area contributed by atoms with E-state index in [4.69, 9.17) is 0 Å². The van der Waals surface area contributed by atoms with Gasteiger partial charge in [-0.3, -0.25) is 9.20 Å². The first-order valence-corrected chi connectivity index (χ1v) is 11.6. The first kappa shape index (κ1) is 22.4. The van der Waals surface area contributed by atoms with Crippen LogP contribution in [0, 0.1) is 0 Å². The molecule has 2 aromatic heterocycles. The van der Waals surface area contributed by atoms with Crippen molar-refractivity contribution >= 4 is 23.3 Å². The zero-order valence-electron chi connectivity index (χ0n) is 19.1. The number of pyridine rings is 1. The van der Waals surface area contributed by atoms with Gasteiger partial charge in [0, 0.05) is 36.6 Å². The highest BCUT2D eigenvalue weighted by atomic mass is 16.2. The predicted molar refractivity (Wildman–Crippen MR) is 133 cm³/mol. The minimum Gasteiger partial charge on any atom is -0.337 e. The Morgan fingerprint density at radius 1 is 1.00 bits per heavy atom. The maximum Gasteiger partial charge on any atom is 0.350 e. The maximum absolute atomic E-state index is 12.8. The third-order valence-corrected chi connectivity index (χ3v) is 6.07. The lowest BCUT2D eigenvalue weighted by atomic mass is 10.0. The molecule has 1 saturated heterocycles. The summed E-state index contributed by atoms with van der Waals surface area (Å²) in [4.78, 5) is 39.8. The molecular weight excluding hydrogens is 444 g/mol. The molecule has 1 unspecified atom stereocenters. The average molecular weight is 471 g/mol. The van der Waals surface area contributed by atoms with E-state index in [9.17, 15) is 14.4 Å². The van der Waals surface area contributed by atoms with E-state index in [0.29, 0.717) is 30.0 Å². The summed E-state index contributed by atoms with van der Waals surface area (Å²) in [6, 6.07) is 21.4. The molecule has 4 aromatic rings. The van der Waals surface area contributed by atoms with Gasteiger partial charge in [0.2, 0.25) is 0 Å². The first-order valence-electron chi connectivity index (χ1n) is 11.6. The molecule has 3 heterocycles. The third-order valence-electron chi connectivity index (χ3n) is 6.07. The Morgan fingerprint density at radius 2 is 1.83 bits per heavy atom. The number of urea groups is 1. The first-order chi connectivity index (χ1) is 17.1. The van der Waals surface area contributed by atoms with Crippen molar-refractivity contribution in [3.05, 3.63) is 101 Å². The van der Waals surface area contributed by atoms with E-state index in [1.165, 1.54) is 9.08 Å². The number of nitrogens with zero attached hydrogens (tertiary/aromatic N) is 4. The van der Waals surface area contributed by atoms with Crippen LogP contribution in [0.2, 0.25) is 0 Å². The fraction of sp³-hybridized carbons (Fsp3) is 0.231. The van der Waals surface area contributed by atoms with Gasteiger partial charge in [-0.15, -0.1) is 5.10 Å². The summed E-state index contributed by atoms with van der Waals surface area (Å²) < 4.78 is 2.89. The van der Waals surface area contributed by atoms with Gasteiger partial charge in [-0.25, -0.2) is 14.3 Å². The summed E-state index contributed by atoms with van der Waals surface area (Å²) in [5.41, 5.74) is 2.47. The largest absolute Gasteiger partial charge is 0.350 e. The van der Waals surface area contributed by atoms with Crippen LogP contribution < -0.4 is 16.3 Å². The number of carbonyl (C=O) groups excluding carboxylic acids is 2. The summed E-state index contributed by atoms with van der Waals surface area (Å²) >= 11 is 0. The van der Waals surface area contributed by atoms with Crippen molar-refractivity contribution in [3.63, 3.8) is 0 Å². The van der Waals surface area contributed by atoms with Gasteiger partial charge in [0.25, 0.3) is 5.91 Å². The molecule has 1 atom stereocenters. The van der Waals surface area contributed by atoms with Gasteiger partial charge in [0.1, 0.15) is 0 Å². The molecule has 2 aromatic carbocycles. The van der Waals surface area contributed by atoms with Crippen LogP contribution in [0.25, 0.3) is 5.65 Å². The lowest BCUT2D eigenvalue weighted by Crippen LogP contribution is -2.50. The number of hydrogen-bond donors (Lipinski definition) is 2.